The van der Waals surface area contributed by atoms with Gasteiger partial charge >= 0.3 is 27.3 Å². The lowest BCUT2D eigenvalue weighted by molar-refractivity contribution is -0.168. The Morgan fingerprint density at radius 2 is 1.58 bits per heavy atom. The van der Waals surface area contributed by atoms with Crippen LogP contribution >= 0.6 is 67.8 Å². The Morgan fingerprint density at radius 1 is 1.12 bits per heavy atom. The third kappa shape index (κ3) is 5.03. The van der Waals surface area contributed by atoms with Crippen LogP contribution in [0.5, 0.6) is 0 Å². The Morgan fingerprint density at radius 3 is 2.00 bits per heavy atom. The fourth-order valence-electron chi connectivity index (χ4n) is 1.42. The molecule has 0 aliphatic heterocycles. The first-order chi connectivity index (χ1) is 10.7. The molecular weight excluding hydrogens is 701 g/mol. The molecule has 1 rings (SSSR count). The molecule has 0 atom stereocenters. The van der Waals surface area contributed by atoms with Crippen LogP contribution in [0.25, 0.3) is 0 Å². The molecule has 0 spiro atoms. The predicted molar refractivity (Wildman–Crippen MR) is 101 cm³/mol. The van der Waals surface area contributed by atoms with Crippen LogP contribution in [0.2, 0.25) is 0 Å². The molecule has 1 aromatic rings. The van der Waals surface area contributed by atoms with Crippen molar-refractivity contribution in [3.8, 4) is 0 Å². The van der Waals surface area contributed by atoms with Gasteiger partial charge in [0.1, 0.15) is 0 Å². The van der Waals surface area contributed by atoms with E-state index in [1.54, 1.807) is 12.1 Å². The summed E-state index contributed by atoms with van der Waals surface area (Å²) >= 11 is 5.66. The molecule has 13 heteroatoms. The fourth-order valence-corrected chi connectivity index (χ4v) is 5.92. The van der Waals surface area contributed by atoms with Crippen LogP contribution < -0.4 is 0 Å². The molecule has 0 bridgehead atoms. The smallest absolute Gasteiger partial charge is 0.431 e. The molecule has 0 fully saturated rings. The van der Waals surface area contributed by atoms with Gasteiger partial charge < -0.3 is 4.74 Å². The van der Waals surface area contributed by atoms with Gasteiger partial charge in [-0.25, -0.2) is 4.79 Å². The van der Waals surface area contributed by atoms with Crippen molar-refractivity contribution in [3.05, 3.63) is 28.4 Å². The lowest BCUT2D eigenvalue weighted by atomic mass is 10.2. The number of benzene rings is 1. The minimum atomic E-state index is -6.31. The van der Waals surface area contributed by atoms with E-state index in [1.807, 2.05) is 67.8 Å². The summed E-state index contributed by atoms with van der Waals surface area (Å²) < 4.78 is 87.8. The van der Waals surface area contributed by atoms with E-state index < -0.39 is 40.3 Å². The number of hydrogen-bond donors (Lipinski definition) is 1. The number of carbonyl (C=O) groups excluding carboxylic acids is 1. The van der Waals surface area contributed by atoms with Crippen molar-refractivity contribution >= 4 is 83.9 Å². The topological polar surface area (TPSA) is 80.7 Å². The van der Waals surface area contributed by atoms with E-state index in [1.165, 1.54) is 0 Å². The minimum Gasteiger partial charge on any atom is -0.462 e. The third-order valence-corrected chi connectivity index (χ3v) is 5.88. The Labute approximate surface area is 175 Å². The first-order valence-electron chi connectivity index (χ1n) is 5.75. The maximum atomic E-state index is 13.3. The summed E-state index contributed by atoms with van der Waals surface area (Å²) in [7, 11) is -6.31. The quantitative estimate of drug-likeness (QED) is 0.208. The monoisotopic (exact) mass is 708 g/mol. The number of rotatable bonds is 6. The standard InChI is InChI=1S/C11H7F4I3O5S/c12-10(13,11(14,15)24(20,21)22)1-2-23-9(19)8-6(17)3-5(16)4-7(8)18/h3-4H,1-2H2,(H,20,21,22). The zero-order valence-electron chi connectivity index (χ0n) is 11.2. The van der Waals surface area contributed by atoms with Gasteiger partial charge in [0.15, 0.2) is 0 Å². The molecular formula is C11H7F4I3O5S. The number of hydrogen-bond acceptors (Lipinski definition) is 4. The maximum Gasteiger partial charge on any atom is 0.431 e. The summed E-state index contributed by atoms with van der Waals surface area (Å²) in [6.07, 6.45) is -1.77. The molecule has 0 aliphatic rings. The van der Waals surface area contributed by atoms with E-state index in [4.69, 9.17) is 4.55 Å². The van der Waals surface area contributed by atoms with Crippen LogP contribution in [0.4, 0.5) is 17.6 Å². The Hall–Kier alpha value is 0.510. The average Bonchev–Trinajstić information content (AvgIpc) is 2.35. The van der Waals surface area contributed by atoms with Crippen LogP contribution in [0.15, 0.2) is 12.1 Å². The predicted octanol–water partition coefficient (Wildman–Crippen LogP) is 4.16. The molecule has 0 saturated carbocycles. The highest BCUT2D eigenvalue weighted by atomic mass is 127. The van der Waals surface area contributed by atoms with Crippen LogP contribution in [0, 0.1) is 10.7 Å². The molecule has 0 heterocycles. The number of alkyl halides is 4. The molecule has 0 saturated heterocycles. The summed E-state index contributed by atoms with van der Waals surface area (Å²) in [5.41, 5.74) is 0.0847. The summed E-state index contributed by atoms with van der Waals surface area (Å²) in [5, 5.41) is -5.68. The van der Waals surface area contributed by atoms with E-state index in [0.717, 1.165) is 3.57 Å². The van der Waals surface area contributed by atoms with Gasteiger partial charge in [0, 0.05) is 10.7 Å². The van der Waals surface area contributed by atoms with E-state index in [-0.39, 0.29) is 5.56 Å². The third-order valence-electron chi connectivity index (χ3n) is 2.61. The van der Waals surface area contributed by atoms with Crippen molar-refractivity contribution in [1.82, 2.24) is 0 Å². The first-order valence-corrected chi connectivity index (χ1v) is 10.4. The van der Waals surface area contributed by atoms with Gasteiger partial charge in [-0.1, -0.05) is 0 Å². The van der Waals surface area contributed by atoms with E-state index in [0.29, 0.717) is 7.14 Å². The second-order valence-electron chi connectivity index (χ2n) is 4.33. The van der Waals surface area contributed by atoms with E-state index in [9.17, 15) is 30.8 Å². The molecule has 1 aromatic carbocycles. The van der Waals surface area contributed by atoms with Crippen molar-refractivity contribution in [2.75, 3.05) is 6.61 Å². The summed E-state index contributed by atoms with van der Waals surface area (Å²) in [6, 6.07) is 3.25. The SMILES string of the molecule is O=C(OCCC(F)(F)C(F)(F)S(=O)(=O)O)c1c(I)cc(I)cc1I. The average molecular weight is 708 g/mol. The summed E-state index contributed by atoms with van der Waals surface area (Å²) in [4.78, 5) is 11.9. The van der Waals surface area contributed by atoms with Gasteiger partial charge in [0.05, 0.1) is 18.6 Å². The van der Waals surface area contributed by atoms with Crippen molar-refractivity contribution in [2.45, 2.75) is 17.6 Å². The van der Waals surface area contributed by atoms with Crippen molar-refractivity contribution in [2.24, 2.45) is 0 Å². The van der Waals surface area contributed by atoms with Crippen LogP contribution in [0.1, 0.15) is 16.8 Å². The number of esters is 1. The van der Waals surface area contributed by atoms with E-state index >= 15 is 0 Å². The van der Waals surface area contributed by atoms with E-state index in [2.05, 4.69) is 4.74 Å². The molecule has 136 valence electrons. The largest absolute Gasteiger partial charge is 0.462 e. The highest BCUT2D eigenvalue weighted by molar-refractivity contribution is 14.1. The number of halogens is 7. The van der Waals surface area contributed by atoms with Crippen LogP contribution in [-0.2, 0) is 14.9 Å². The van der Waals surface area contributed by atoms with Crippen LogP contribution in [-0.4, -0.2) is 36.7 Å². The second-order valence-corrected chi connectivity index (χ2v) is 9.36. The molecule has 0 unspecified atom stereocenters. The Balaban J connectivity index is 2.83. The number of carbonyl (C=O) groups is 1. The molecule has 24 heavy (non-hydrogen) atoms. The molecule has 0 aromatic heterocycles. The fraction of sp³-hybridized carbons (Fsp3) is 0.364. The Kier molecular flexibility index (Phi) is 7.55. The van der Waals surface area contributed by atoms with Crippen molar-refractivity contribution in [1.29, 1.82) is 0 Å². The lowest BCUT2D eigenvalue weighted by Gasteiger charge is -2.23. The molecule has 0 radical (unpaired) electrons. The van der Waals surface area contributed by atoms with Gasteiger partial charge in [-0.2, -0.15) is 26.0 Å². The zero-order chi connectivity index (χ0) is 18.9. The van der Waals surface area contributed by atoms with Crippen molar-refractivity contribution in [3.63, 3.8) is 0 Å². The number of ether oxygens (including phenoxy) is 1. The van der Waals surface area contributed by atoms with Crippen LogP contribution in [0.3, 0.4) is 0 Å². The van der Waals surface area contributed by atoms with Gasteiger partial charge in [-0.15, -0.1) is 0 Å². The molecule has 1 N–H and O–H groups in total. The minimum absolute atomic E-state index is 0.0847. The summed E-state index contributed by atoms with van der Waals surface area (Å²) in [5.74, 6) is -6.11. The molecule has 5 nitrogen and oxygen atoms in total. The lowest BCUT2D eigenvalue weighted by Crippen LogP contribution is -2.47. The highest BCUT2D eigenvalue weighted by Gasteiger charge is 2.65. The maximum absolute atomic E-state index is 13.3. The van der Waals surface area contributed by atoms with Crippen molar-refractivity contribution < 1.29 is 40.1 Å². The Bertz CT molecular complexity index is 731. The normalized spacial score (nSPS) is 13.0. The van der Waals surface area contributed by atoms with Gasteiger partial charge in [-0.3, -0.25) is 4.55 Å². The van der Waals surface area contributed by atoms with Gasteiger partial charge in [-0.05, 0) is 79.9 Å². The second kappa shape index (κ2) is 8.03. The summed E-state index contributed by atoms with van der Waals surface area (Å²) in [6.45, 7) is -1.16. The first kappa shape index (κ1) is 22.6. The van der Waals surface area contributed by atoms with Gasteiger partial charge in [0.2, 0.25) is 0 Å². The van der Waals surface area contributed by atoms with Gasteiger partial charge in [0.25, 0.3) is 0 Å². The zero-order valence-corrected chi connectivity index (χ0v) is 18.5. The highest BCUT2D eigenvalue weighted by Crippen LogP contribution is 2.40. The molecule has 0 aliphatic carbocycles. The molecule has 0 amide bonds.